The molecule has 0 radical (unpaired) electrons. The number of benzene rings is 9. The van der Waals surface area contributed by atoms with Crippen LogP contribution in [-0.2, 0) is 0 Å². The molecule has 11 aromatic rings. The van der Waals surface area contributed by atoms with Crippen LogP contribution in [0.1, 0.15) is 0 Å². The molecule has 0 spiro atoms. The molecule has 0 bridgehead atoms. The molecule has 1 aliphatic rings. The van der Waals surface area contributed by atoms with Crippen molar-refractivity contribution in [2.75, 3.05) is 4.90 Å². The molecule has 3 heterocycles. The van der Waals surface area contributed by atoms with Crippen molar-refractivity contribution in [2.45, 2.75) is 0 Å². The molecule has 12 rings (SSSR count). The summed E-state index contributed by atoms with van der Waals surface area (Å²) in [5.74, 6) is 2.27. The summed E-state index contributed by atoms with van der Waals surface area (Å²) < 4.78 is 8.88. The normalized spacial score (nSPS) is 12.0. The van der Waals surface area contributed by atoms with E-state index in [1.807, 2.05) is 24.3 Å². The molecule has 0 amide bonds. The number of nitrogens with zero attached hydrogens (tertiary/aromatic N) is 4. The zero-order valence-electron chi connectivity index (χ0n) is 33.0. The van der Waals surface area contributed by atoms with Gasteiger partial charge in [-0.25, -0.2) is 9.97 Å². The van der Waals surface area contributed by atoms with Crippen molar-refractivity contribution in [3.8, 4) is 62.1 Å². The predicted octanol–water partition coefficient (Wildman–Crippen LogP) is 15.0. The van der Waals surface area contributed by atoms with E-state index >= 15 is 0 Å². The maximum atomic E-state index is 6.66. The second-order valence-electron chi connectivity index (χ2n) is 15.4. The maximum absolute atomic E-state index is 6.66. The molecule has 5 nitrogen and oxygen atoms in total. The van der Waals surface area contributed by atoms with Gasteiger partial charge in [-0.05, 0) is 94.0 Å². The fourth-order valence-electron chi connectivity index (χ4n) is 8.89. The van der Waals surface area contributed by atoms with E-state index in [9.17, 15) is 0 Å². The Morgan fingerprint density at radius 1 is 0.344 bits per heavy atom. The van der Waals surface area contributed by atoms with E-state index in [0.29, 0.717) is 5.95 Å². The van der Waals surface area contributed by atoms with Crippen molar-refractivity contribution in [3.63, 3.8) is 0 Å². The quantitative estimate of drug-likeness (QED) is 0.169. The van der Waals surface area contributed by atoms with Crippen molar-refractivity contribution < 1.29 is 4.74 Å². The van der Waals surface area contributed by atoms with E-state index in [0.717, 1.165) is 100 Å². The Morgan fingerprint density at radius 2 is 0.934 bits per heavy atom. The molecular weight excluding hydrogens is 745 g/mol. The highest BCUT2D eigenvalue weighted by Crippen LogP contribution is 2.51. The number of fused-ring (bicyclic) bond motifs is 6. The third kappa shape index (κ3) is 5.94. The topological polar surface area (TPSA) is 43.2 Å². The Hall–Kier alpha value is -8.28. The minimum Gasteiger partial charge on any atom is -0.453 e. The van der Waals surface area contributed by atoms with Crippen LogP contribution in [0.5, 0.6) is 11.5 Å². The minimum absolute atomic E-state index is 0.645. The standard InChI is InChI=1S/C56H36N4O/c1-3-15-37(16-4-1)41-21-14-22-44(34-41)59-50-27-11-12-28-53(50)61-54-36-43(30-32-51(54)59)40-20-13-19-39(33-40)42-29-31-46-45-23-8-10-26-49(45)60(52(46)35-42)56-57-48-25-9-7-24-47(48)55(58-56)38-17-5-2-6-18-38/h1-36H. The molecule has 61 heavy (non-hydrogen) atoms. The lowest BCUT2D eigenvalue weighted by Crippen LogP contribution is -2.15. The fraction of sp³-hybridized carbons (Fsp3) is 0. The number of hydrogen-bond acceptors (Lipinski definition) is 4. The summed E-state index contributed by atoms with van der Waals surface area (Å²) in [7, 11) is 0. The highest BCUT2D eigenvalue weighted by atomic mass is 16.5. The third-order valence-electron chi connectivity index (χ3n) is 11.8. The lowest BCUT2D eigenvalue weighted by molar-refractivity contribution is 0.477. The van der Waals surface area contributed by atoms with Crippen molar-refractivity contribution in [1.29, 1.82) is 0 Å². The van der Waals surface area contributed by atoms with Crippen LogP contribution in [0.25, 0.3) is 83.3 Å². The predicted molar refractivity (Wildman–Crippen MR) is 250 cm³/mol. The van der Waals surface area contributed by atoms with Crippen LogP contribution in [0.15, 0.2) is 218 Å². The average molecular weight is 781 g/mol. The fourth-order valence-corrected chi connectivity index (χ4v) is 8.89. The molecule has 2 aromatic heterocycles. The van der Waals surface area contributed by atoms with E-state index in [4.69, 9.17) is 14.7 Å². The molecule has 0 unspecified atom stereocenters. The summed E-state index contributed by atoms with van der Waals surface area (Å²) >= 11 is 0. The largest absolute Gasteiger partial charge is 0.453 e. The highest BCUT2D eigenvalue weighted by molar-refractivity contribution is 6.10. The highest BCUT2D eigenvalue weighted by Gasteiger charge is 2.26. The number of ether oxygens (including phenoxy) is 1. The van der Waals surface area contributed by atoms with E-state index in [2.05, 4.69) is 204 Å². The van der Waals surface area contributed by atoms with Crippen molar-refractivity contribution >= 4 is 49.8 Å². The van der Waals surface area contributed by atoms with Crippen LogP contribution in [0.2, 0.25) is 0 Å². The zero-order valence-corrected chi connectivity index (χ0v) is 33.0. The summed E-state index contributed by atoms with van der Waals surface area (Å²) in [6.45, 7) is 0. The monoisotopic (exact) mass is 780 g/mol. The number of hydrogen-bond donors (Lipinski definition) is 0. The molecule has 9 aromatic carbocycles. The van der Waals surface area contributed by atoms with Gasteiger partial charge in [0.15, 0.2) is 11.5 Å². The van der Waals surface area contributed by atoms with Gasteiger partial charge in [0, 0.05) is 27.4 Å². The molecule has 0 aliphatic carbocycles. The second kappa shape index (κ2) is 14.2. The van der Waals surface area contributed by atoms with Crippen LogP contribution in [0, 0.1) is 0 Å². The van der Waals surface area contributed by atoms with Gasteiger partial charge in [-0.2, -0.15) is 0 Å². The van der Waals surface area contributed by atoms with Gasteiger partial charge in [-0.15, -0.1) is 0 Å². The van der Waals surface area contributed by atoms with Gasteiger partial charge in [0.05, 0.1) is 33.6 Å². The summed E-state index contributed by atoms with van der Waals surface area (Å²) in [5, 5.41) is 3.34. The first-order chi connectivity index (χ1) is 30.2. The van der Waals surface area contributed by atoms with Crippen molar-refractivity contribution in [3.05, 3.63) is 218 Å². The summed E-state index contributed by atoms with van der Waals surface area (Å²) in [6, 6.07) is 76.7. The molecule has 0 fully saturated rings. The lowest BCUT2D eigenvalue weighted by atomic mass is 9.97. The van der Waals surface area contributed by atoms with Gasteiger partial charge < -0.3 is 9.64 Å². The Morgan fingerprint density at radius 3 is 1.77 bits per heavy atom. The third-order valence-corrected chi connectivity index (χ3v) is 11.8. The molecular formula is C56H36N4O. The first-order valence-corrected chi connectivity index (χ1v) is 20.6. The first-order valence-electron chi connectivity index (χ1n) is 20.6. The average Bonchev–Trinajstić information content (AvgIpc) is 3.67. The molecule has 1 aliphatic heterocycles. The van der Waals surface area contributed by atoms with Crippen LogP contribution in [0.4, 0.5) is 17.1 Å². The van der Waals surface area contributed by atoms with Gasteiger partial charge in [-0.3, -0.25) is 4.57 Å². The Bertz CT molecular complexity index is 3470. The van der Waals surface area contributed by atoms with E-state index in [1.54, 1.807) is 0 Å². The SMILES string of the molecule is c1ccc(-c2cccc(N3c4ccccc4Oc4cc(-c5cccc(-c6ccc7c8ccccc8n(-c8nc(-c9ccccc9)c9ccccc9n8)c7c6)c5)ccc43)c2)cc1. The molecule has 0 atom stereocenters. The van der Waals surface area contributed by atoms with Crippen LogP contribution in [-0.4, -0.2) is 14.5 Å². The molecule has 0 saturated heterocycles. The van der Waals surface area contributed by atoms with Crippen LogP contribution in [0.3, 0.4) is 0 Å². The lowest BCUT2D eigenvalue weighted by Gasteiger charge is -2.33. The van der Waals surface area contributed by atoms with Crippen molar-refractivity contribution in [2.24, 2.45) is 0 Å². The molecule has 5 heteroatoms. The second-order valence-corrected chi connectivity index (χ2v) is 15.4. The summed E-state index contributed by atoms with van der Waals surface area (Å²) in [6.07, 6.45) is 0. The number of aromatic nitrogens is 3. The maximum Gasteiger partial charge on any atom is 0.235 e. The van der Waals surface area contributed by atoms with Crippen LogP contribution < -0.4 is 9.64 Å². The smallest absolute Gasteiger partial charge is 0.235 e. The number of para-hydroxylation sites is 4. The van der Waals surface area contributed by atoms with Gasteiger partial charge in [0.25, 0.3) is 0 Å². The Balaban J connectivity index is 0.957. The Kier molecular flexibility index (Phi) is 8.10. The first kappa shape index (κ1) is 34.7. The molecule has 286 valence electrons. The van der Waals surface area contributed by atoms with Gasteiger partial charge >= 0.3 is 0 Å². The molecule has 0 N–H and O–H groups in total. The summed E-state index contributed by atoms with van der Waals surface area (Å²) in [4.78, 5) is 12.8. The van der Waals surface area contributed by atoms with Gasteiger partial charge in [0.1, 0.15) is 0 Å². The Labute approximate surface area is 353 Å². The van der Waals surface area contributed by atoms with Crippen LogP contribution >= 0.6 is 0 Å². The molecule has 0 saturated carbocycles. The summed E-state index contributed by atoms with van der Waals surface area (Å²) in [5.41, 5.74) is 14.8. The van der Waals surface area contributed by atoms with E-state index < -0.39 is 0 Å². The zero-order chi connectivity index (χ0) is 40.3. The van der Waals surface area contributed by atoms with Crippen molar-refractivity contribution in [1.82, 2.24) is 14.5 Å². The van der Waals surface area contributed by atoms with E-state index in [-0.39, 0.29) is 0 Å². The number of rotatable bonds is 6. The van der Waals surface area contributed by atoms with E-state index in [1.165, 1.54) is 5.56 Å². The van der Waals surface area contributed by atoms with Gasteiger partial charge in [-0.1, -0.05) is 158 Å². The minimum atomic E-state index is 0.645. The number of anilines is 3. The van der Waals surface area contributed by atoms with Gasteiger partial charge in [0.2, 0.25) is 5.95 Å².